The highest BCUT2D eigenvalue weighted by Crippen LogP contribution is 2.27. The fourth-order valence-electron chi connectivity index (χ4n) is 1.41. The maximum Gasteiger partial charge on any atom is 0.122 e. The SMILES string of the molecule is [CH2]c1c(C)cc(CC=C)c(O)c1C. The third-order valence-electron chi connectivity index (χ3n) is 2.34. The topological polar surface area (TPSA) is 20.2 Å². The molecule has 0 bridgehead atoms. The number of phenolic OH excluding ortho intramolecular Hbond substituents is 1. The van der Waals surface area contributed by atoms with Gasteiger partial charge in [-0.1, -0.05) is 12.1 Å². The lowest BCUT2D eigenvalue weighted by Crippen LogP contribution is -1.92. The van der Waals surface area contributed by atoms with Gasteiger partial charge in [-0.15, -0.1) is 6.58 Å². The molecule has 1 radical (unpaired) electrons. The van der Waals surface area contributed by atoms with Crippen LogP contribution in [0.4, 0.5) is 0 Å². The quantitative estimate of drug-likeness (QED) is 0.685. The Kier molecular flexibility index (Phi) is 2.76. The van der Waals surface area contributed by atoms with Gasteiger partial charge in [0.15, 0.2) is 0 Å². The minimum absolute atomic E-state index is 0.357. The molecular formula is C12H15O. The van der Waals surface area contributed by atoms with E-state index in [2.05, 4.69) is 13.5 Å². The van der Waals surface area contributed by atoms with Gasteiger partial charge < -0.3 is 5.11 Å². The van der Waals surface area contributed by atoms with E-state index in [1.54, 1.807) is 6.08 Å². The van der Waals surface area contributed by atoms with Gasteiger partial charge in [-0.05, 0) is 49.4 Å². The summed E-state index contributed by atoms with van der Waals surface area (Å²) in [5, 5.41) is 9.75. The Hall–Kier alpha value is -1.24. The van der Waals surface area contributed by atoms with Gasteiger partial charge in [0, 0.05) is 0 Å². The predicted octanol–water partition coefficient (Wildman–Crippen LogP) is 2.92. The highest BCUT2D eigenvalue weighted by atomic mass is 16.3. The summed E-state index contributed by atoms with van der Waals surface area (Å²) < 4.78 is 0. The molecule has 0 amide bonds. The third kappa shape index (κ3) is 1.74. The average Bonchev–Trinajstić information content (AvgIpc) is 2.11. The van der Waals surface area contributed by atoms with Crippen LogP contribution >= 0.6 is 0 Å². The molecule has 0 spiro atoms. The van der Waals surface area contributed by atoms with E-state index >= 15 is 0 Å². The minimum Gasteiger partial charge on any atom is -0.507 e. The molecule has 0 heterocycles. The normalized spacial score (nSPS) is 10.1. The molecule has 13 heavy (non-hydrogen) atoms. The lowest BCUT2D eigenvalue weighted by molar-refractivity contribution is 0.465. The van der Waals surface area contributed by atoms with Gasteiger partial charge in [0.05, 0.1) is 0 Å². The molecular weight excluding hydrogens is 160 g/mol. The van der Waals surface area contributed by atoms with Crippen LogP contribution in [-0.2, 0) is 6.42 Å². The zero-order valence-corrected chi connectivity index (χ0v) is 8.22. The number of phenols is 1. The van der Waals surface area contributed by atoms with Gasteiger partial charge in [-0.2, -0.15) is 0 Å². The molecule has 1 rings (SSSR count). The number of rotatable bonds is 2. The van der Waals surface area contributed by atoms with E-state index in [1.165, 1.54) is 0 Å². The molecule has 0 atom stereocenters. The Bertz CT molecular complexity index is 337. The lowest BCUT2D eigenvalue weighted by atomic mass is 9.97. The first kappa shape index (κ1) is 9.85. The van der Waals surface area contributed by atoms with Crippen molar-refractivity contribution in [1.29, 1.82) is 0 Å². The average molecular weight is 175 g/mol. The van der Waals surface area contributed by atoms with Crippen LogP contribution in [0.3, 0.4) is 0 Å². The second-order valence-electron chi connectivity index (χ2n) is 3.30. The number of benzene rings is 1. The summed E-state index contributed by atoms with van der Waals surface area (Å²) in [6.45, 7) is 11.4. The molecule has 1 aromatic rings. The maximum absolute atomic E-state index is 9.75. The van der Waals surface area contributed by atoms with Gasteiger partial charge in [-0.3, -0.25) is 0 Å². The van der Waals surface area contributed by atoms with Crippen LogP contribution in [0.25, 0.3) is 0 Å². The summed E-state index contributed by atoms with van der Waals surface area (Å²) in [6.07, 6.45) is 2.49. The second kappa shape index (κ2) is 3.65. The van der Waals surface area contributed by atoms with Crippen LogP contribution in [0.5, 0.6) is 5.75 Å². The highest BCUT2D eigenvalue weighted by Gasteiger charge is 2.07. The fraction of sp³-hybridized carbons (Fsp3) is 0.250. The van der Waals surface area contributed by atoms with E-state index in [4.69, 9.17) is 0 Å². The van der Waals surface area contributed by atoms with Crippen molar-refractivity contribution in [2.24, 2.45) is 0 Å². The Morgan fingerprint density at radius 3 is 2.62 bits per heavy atom. The van der Waals surface area contributed by atoms with Crippen molar-refractivity contribution in [2.75, 3.05) is 0 Å². The van der Waals surface area contributed by atoms with Crippen molar-refractivity contribution in [3.8, 4) is 5.75 Å². The van der Waals surface area contributed by atoms with Gasteiger partial charge in [-0.25, -0.2) is 0 Å². The zero-order valence-electron chi connectivity index (χ0n) is 8.22. The number of hydrogen-bond donors (Lipinski definition) is 1. The molecule has 0 aromatic heterocycles. The first-order valence-electron chi connectivity index (χ1n) is 4.32. The van der Waals surface area contributed by atoms with E-state index in [0.717, 1.165) is 22.3 Å². The number of hydrogen-bond acceptors (Lipinski definition) is 1. The van der Waals surface area contributed by atoms with Crippen LogP contribution in [0.15, 0.2) is 18.7 Å². The van der Waals surface area contributed by atoms with E-state index in [1.807, 2.05) is 19.9 Å². The summed E-state index contributed by atoms with van der Waals surface area (Å²) in [7, 11) is 0. The molecule has 0 unspecified atom stereocenters. The van der Waals surface area contributed by atoms with E-state index in [0.29, 0.717) is 12.2 Å². The molecule has 0 saturated heterocycles. The number of allylic oxidation sites excluding steroid dienone is 1. The lowest BCUT2D eigenvalue weighted by Gasteiger charge is -2.11. The molecule has 0 aliphatic rings. The van der Waals surface area contributed by atoms with Crippen molar-refractivity contribution in [3.05, 3.63) is 47.9 Å². The molecule has 69 valence electrons. The van der Waals surface area contributed by atoms with Crippen molar-refractivity contribution < 1.29 is 5.11 Å². The Morgan fingerprint density at radius 2 is 2.08 bits per heavy atom. The highest BCUT2D eigenvalue weighted by molar-refractivity contribution is 5.50. The first-order valence-corrected chi connectivity index (χ1v) is 4.32. The van der Waals surface area contributed by atoms with Crippen LogP contribution < -0.4 is 0 Å². The smallest absolute Gasteiger partial charge is 0.122 e. The standard InChI is InChI=1S/C12H15O/c1-5-6-11-7-8(2)9(3)10(4)12(11)13/h5,7,13H,1,3,6H2,2,4H3. The molecule has 0 saturated carbocycles. The van der Waals surface area contributed by atoms with Crippen molar-refractivity contribution in [3.63, 3.8) is 0 Å². The van der Waals surface area contributed by atoms with Crippen molar-refractivity contribution >= 4 is 0 Å². The fourth-order valence-corrected chi connectivity index (χ4v) is 1.41. The largest absolute Gasteiger partial charge is 0.507 e. The van der Waals surface area contributed by atoms with E-state index in [-0.39, 0.29) is 0 Å². The van der Waals surface area contributed by atoms with Gasteiger partial charge in [0.25, 0.3) is 0 Å². The predicted molar refractivity (Wildman–Crippen MR) is 55.9 cm³/mol. The second-order valence-corrected chi connectivity index (χ2v) is 3.30. The number of aryl methyl sites for hydroxylation is 1. The molecule has 0 aliphatic heterocycles. The summed E-state index contributed by atoms with van der Waals surface area (Å²) >= 11 is 0. The number of aromatic hydroxyl groups is 1. The van der Waals surface area contributed by atoms with Crippen LogP contribution in [-0.4, -0.2) is 5.11 Å². The zero-order chi connectivity index (χ0) is 10.0. The molecule has 0 fully saturated rings. The van der Waals surface area contributed by atoms with Gasteiger partial charge in [0.2, 0.25) is 0 Å². The van der Waals surface area contributed by atoms with Crippen molar-refractivity contribution in [2.45, 2.75) is 20.3 Å². The maximum atomic E-state index is 9.75. The molecule has 1 heteroatoms. The monoisotopic (exact) mass is 175 g/mol. The first-order chi connectivity index (χ1) is 6.07. The van der Waals surface area contributed by atoms with Crippen molar-refractivity contribution in [1.82, 2.24) is 0 Å². The van der Waals surface area contributed by atoms with Gasteiger partial charge in [0.1, 0.15) is 5.75 Å². The molecule has 1 N–H and O–H groups in total. The molecule has 0 aliphatic carbocycles. The van der Waals surface area contributed by atoms with E-state index in [9.17, 15) is 5.11 Å². The summed E-state index contributed by atoms with van der Waals surface area (Å²) in [4.78, 5) is 0. The van der Waals surface area contributed by atoms with Crippen LogP contribution in [0.2, 0.25) is 0 Å². The summed E-state index contributed by atoms with van der Waals surface area (Å²) in [5.41, 5.74) is 3.84. The molecule has 1 aromatic carbocycles. The summed E-state index contributed by atoms with van der Waals surface area (Å²) in [6, 6.07) is 1.96. The van der Waals surface area contributed by atoms with E-state index < -0.39 is 0 Å². The van der Waals surface area contributed by atoms with Crippen LogP contribution in [0, 0.1) is 20.8 Å². The Morgan fingerprint density at radius 1 is 1.46 bits per heavy atom. The Labute approximate surface area is 79.7 Å². The Balaban J connectivity index is 3.31. The van der Waals surface area contributed by atoms with Crippen LogP contribution in [0.1, 0.15) is 22.3 Å². The molecule has 1 nitrogen and oxygen atoms in total. The summed E-state index contributed by atoms with van der Waals surface area (Å²) in [5.74, 6) is 0.357. The van der Waals surface area contributed by atoms with Gasteiger partial charge >= 0.3 is 0 Å². The minimum atomic E-state index is 0.357. The third-order valence-corrected chi connectivity index (χ3v) is 2.34.